The summed E-state index contributed by atoms with van der Waals surface area (Å²) in [5.41, 5.74) is 3.03. The number of hydrogen-bond acceptors (Lipinski definition) is 5. The van der Waals surface area contributed by atoms with E-state index < -0.39 is 10.0 Å². The molecule has 0 spiro atoms. The highest BCUT2D eigenvalue weighted by molar-refractivity contribution is 7.89. The van der Waals surface area contributed by atoms with E-state index in [1.165, 1.54) is 23.5 Å². The summed E-state index contributed by atoms with van der Waals surface area (Å²) >= 11 is 1.41. The molecule has 0 aliphatic carbocycles. The van der Waals surface area contributed by atoms with Crippen molar-refractivity contribution < 1.29 is 12.8 Å². The molecule has 6 nitrogen and oxygen atoms in total. The third-order valence-electron chi connectivity index (χ3n) is 4.54. The Kier molecular flexibility index (Phi) is 5.20. The number of nitrogens with zero attached hydrogens (tertiary/aromatic N) is 3. The van der Waals surface area contributed by atoms with E-state index in [9.17, 15) is 12.8 Å². The minimum atomic E-state index is -3.60. The molecular weight excluding hydrogens is 411 g/mol. The van der Waals surface area contributed by atoms with Crippen molar-refractivity contribution in [2.75, 3.05) is 6.54 Å². The van der Waals surface area contributed by atoms with Gasteiger partial charge in [0.1, 0.15) is 5.82 Å². The number of rotatable bonds is 6. The van der Waals surface area contributed by atoms with Crippen LogP contribution < -0.4 is 4.72 Å². The molecule has 2 aromatic heterocycles. The number of hydrogen-bond donors (Lipinski definition) is 1. The molecule has 0 radical (unpaired) electrons. The van der Waals surface area contributed by atoms with Crippen molar-refractivity contribution in [3.63, 3.8) is 0 Å². The van der Waals surface area contributed by atoms with Gasteiger partial charge in [-0.25, -0.2) is 22.0 Å². The summed E-state index contributed by atoms with van der Waals surface area (Å²) in [4.78, 5) is 5.41. The summed E-state index contributed by atoms with van der Waals surface area (Å²) in [6, 6.07) is 11.5. The molecule has 0 atom stereocenters. The maximum atomic E-state index is 13.5. The first-order valence-corrected chi connectivity index (χ1v) is 11.4. The average molecular weight is 431 g/mol. The molecule has 0 bridgehead atoms. The first-order chi connectivity index (χ1) is 13.8. The number of sulfonamides is 1. The Morgan fingerprint density at radius 1 is 1.17 bits per heavy atom. The largest absolute Gasteiger partial charge is 0.240 e. The van der Waals surface area contributed by atoms with Crippen molar-refractivity contribution in [2.45, 2.75) is 25.2 Å². The molecule has 0 unspecified atom stereocenters. The van der Waals surface area contributed by atoms with E-state index in [1.807, 2.05) is 18.4 Å². The Bertz CT molecular complexity index is 1300. The van der Waals surface area contributed by atoms with E-state index >= 15 is 0 Å². The van der Waals surface area contributed by atoms with Gasteiger partial charge in [0.05, 0.1) is 10.6 Å². The molecule has 9 heteroatoms. The van der Waals surface area contributed by atoms with Crippen molar-refractivity contribution in [3.05, 3.63) is 70.5 Å². The molecule has 0 saturated carbocycles. The summed E-state index contributed by atoms with van der Waals surface area (Å²) < 4.78 is 43.1. The minimum Gasteiger partial charge on any atom is -0.211 e. The van der Waals surface area contributed by atoms with Gasteiger partial charge >= 0.3 is 0 Å². The van der Waals surface area contributed by atoms with Gasteiger partial charge in [0.15, 0.2) is 5.82 Å². The summed E-state index contributed by atoms with van der Waals surface area (Å²) in [5.74, 6) is 0.0929. The molecule has 1 N–H and O–H groups in total. The van der Waals surface area contributed by atoms with Gasteiger partial charge in [-0.2, -0.15) is 4.98 Å². The Balaban J connectivity index is 1.51. The van der Waals surface area contributed by atoms with Gasteiger partial charge in [0, 0.05) is 23.9 Å². The van der Waals surface area contributed by atoms with Crippen molar-refractivity contribution in [3.8, 4) is 11.4 Å². The molecule has 0 amide bonds. The number of benzene rings is 2. The number of fused-ring (bicyclic) bond motifs is 1. The maximum Gasteiger partial charge on any atom is 0.240 e. The summed E-state index contributed by atoms with van der Waals surface area (Å²) in [6.07, 6.45) is 0.454. The van der Waals surface area contributed by atoms with Gasteiger partial charge in [-0.3, -0.25) is 0 Å². The average Bonchev–Trinajstić information content (AvgIpc) is 3.25. The number of thiazole rings is 1. The highest BCUT2D eigenvalue weighted by atomic mass is 32.2. The van der Waals surface area contributed by atoms with Gasteiger partial charge < -0.3 is 0 Å². The molecule has 4 rings (SSSR count). The van der Waals surface area contributed by atoms with Crippen LogP contribution in [0.3, 0.4) is 0 Å². The van der Waals surface area contributed by atoms with E-state index in [1.54, 1.807) is 35.7 Å². The number of aryl methyl sites for hydroxylation is 2. The van der Waals surface area contributed by atoms with Crippen LogP contribution in [-0.4, -0.2) is 29.6 Å². The Hall–Kier alpha value is -2.62. The van der Waals surface area contributed by atoms with Gasteiger partial charge in [0.2, 0.25) is 15.0 Å². The van der Waals surface area contributed by atoms with Crippen LogP contribution in [-0.2, 0) is 16.4 Å². The van der Waals surface area contributed by atoms with Crippen molar-refractivity contribution >= 4 is 26.3 Å². The van der Waals surface area contributed by atoms with E-state index in [0.29, 0.717) is 33.2 Å². The Morgan fingerprint density at radius 3 is 2.79 bits per heavy atom. The second kappa shape index (κ2) is 7.66. The molecule has 0 fully saturated rings. The standard InChI is InChI=1S/C20H19FN4O2S2/c1-13-6-7-14(2)18(10-13)29(26,27)22-9-8-17-12-28-20-23-19(24-25(17)20)15-4-3-5-16(21)11-15/h3-7,10-12,22H,8-9H2,1-2H3. The Morgan fingerprint density at radius 2 is 2.00 bits per heavy atom. The highest BCUT2D eigenvalue weighted by Gasteiger charge is 2.17. The predicted octanol–water partition coefficient (Wildman–Crippen LogP) is 3.73. The second-order valence-corrected chi connectivity index (χ2v) is 9.36. The smallest absolute Gasteiger partial charge is 0.211 e. The SMILES string of the molecule is Cc1ccc(C)c(S(=O)(=O)NCCc2csc3nc(-c4cccc(F)c4)nn23)c1. The lowest BCUT2D eigenvalue weighted by atomic mass is 10.2. The molecule has 0 saturated heterocycles. The molecule has 29 heavy (non-hydrogen) atoms. The van der Waals surface area contributed by atoms with E-state index in [0.717, 1.165) is 11.3 Å². The first-order valence-electron chi connectivity index (χ1n) is 8.99. The summed E-state index contributed by atoms with van der Waals surface area (Å²) in [7, 11) is -3.60. The first kappa shape index (κ1) is 19.7. The normalized spacial score (nSPS) is 12.0. The van der Waals surface area contributed by atoms with Crippen molar-refractivity contribution in [1.29, 1.82) is 0 Å². The zero-order valence-corrected chi connectivity index (χ0v) is 17.5. The zero-order valence-electron chi connectivity index (χ0n) is 15.9. The number of halogens is 1. The predicted molar refractivity (Wildman–Crippen MR) is 111 cm³/mol. The van der Waals surface area contributed by atoms with Crippen LogP contribution in [0.4, 0.5) is 4.39 Å². The lowest BCUT2D eigenvalue weighted by Gasteiger charge is -2.10. The zero-order chi connectivity index (χ0) is 20.6. The Labute approximate surface area is 172 Å². The van der Waals surface area contributed by atoms with Crippen LogP contribution in [0.15, 0.2) is 52.7 Å². The topological polar surface area (TPSA) is 76.4 Å². The van der Waals surface area contributed by atoms with Crippen LogP contribution in [0.1, 0.15) is 16.8 Å². The van der Waals surface area contributed by atoms with E-state index in [2.05, 4.69) is 14.8 Å². The molecule has 2 heterocycles. The monoisotopic (exact) mass is 430 g/mol. The minimum absolute atomic E-state index is 0.233. The third-order valence-corrected chi connectivity index (χ3v) is 7.01. The quantitative estimate of drug-likeness (QED) is 0.506. The van der Waals surface area contributed by atoms with Gasteiger partial charge in [-0.1, -0.05) is 24.3 Å². The molecule has 0 aliphatic rings. The lowest BCUT2D eigenvalue weighted by Crippen LogP contribution is -2.27. The summed E-state index contributed by atoms with van der Waals surface area (Å²) in [5, 5.41) is 6.35. The number of aromatic nitrogens is 3. The van der Waals surface area contributed by atoms with Crippen LogP contribution in [0.25, 0.3) is 16.3 Å². The van der Waals surface area contributed by atoms with Gasteiger partial charge in [0.25, 0.3) is 0 Å². The van der Waals surface area contributed by atoms with Crippen LogP contribution in [0, 0.1) is 19.7 Å². The fourth-order valence-electron chi connectivity index (χ4n) is 3.03. The maximum absolute atomic E-state index is 13.5. The molecule has 150 valence electrons. The molecule has 0 aliphatic heterocycles. The van der Waals surface area contributed by atoms with E-state index in [-0.39, 0.29) is 12.4 Å². The molecule has 4 aromatic rings. The summed E-state index contributed by atoms with van der Waals surface area (Å²) in [6.45, 7) is 3.87. The van der Waals surface area contributed by atoms with Crippen LogP contribution in [0.5, 0.6) is 0 Å². The van der Waals surface area contributed by atoms with Crippen molar-refractivity contribution in [2.24, 2.45) is 0 Å². The third kappa shape index (κ3) is 4.07. The molecule has 2 aromatic carbocycles. The van der Waals surface area contributed by atoms with Crippen molar-refractivity contribution in [1.82, 2.24) is 19.3 Å². The molecular formula is C20H19FN4O2S2. The second-order valence-electron chi connectivity index (χ2n) is 6.78. The van der Waals surface area contributed by atoms with Crippen LogP contribution in [0.2, 0.25) is 0 Å². The fourth-order valence-corrected chi connectivity index (χ4v) is 5.25. The van der Waals surface area contributed by atoms with E-state index in [4.69, 9.17) is 0 Å². The van der Waals surface area contributed by atoms with Crippen LogP contribution >= 0.6 is 11.3 Å². The highest BCUT2D eigenvalue weighted by Crippen LogP contribution is 2.22. The van der Waals surface area contributed by atoms with Gasteiger partial charge in [-0.05, 0) is 43.2 Å². The lowest BCUT2D eigenvalue weighted by molar-refractivity contribution is 0.580. The van der Waals surface area contributed by atoms with Gasteiger partial charge in [-0.15, -0.1) is 16.4 Å². The number of nitrogens with one attached hydrogen (secondary N) is 1. The fraction of sp³-hybridized carbons (Fsp3) is 0.200.